The van der Waals surface area contributed by atoms with Crippen LogP contribution >= 0.6 is 0 Å². The maximum atomic E-state index is 9.67. The van der Waals surface area contributed by atoms with E-state index in [-0.39, 0.29) is 11.5 Å². The fourth-order valence-corrected chi connectivity index (χ4v) is 2.05. The average molecular weight is 215 g/mol. The summed E-state index contributed by atoms with van der Waals surface area (Å²) in [6.07, 6.45) is 4.14. The summed E-state index contributed by atoms with van der Waals surface area (Å²) < 4.78 is 5.09. The predicted molar refractivity (Wildman–Crippen MR) is 61.9 cm³/mol. The second-order valence-electron chi connectivity index (χ2n) is 5.39. The first-order valence-corrected chi connectivity index (χ1v) is 5.95. The van der Waals surface area contributed by atoms with E-state index in [1.807, 2.05) is 0 Å². The molecule has 2 atom stereocenters. The van der Waals surface area contributed by atoms with Crippen LogP contribution in [0.5, 0.6) is 0 Å². The largest absolute Gasteiger partial charge is 0.392 e. The molecule has 0 aromatic heterocycles. The van der Waals surface area contributed by atoms with Crippen LogP contribution in [0.25, 0.3) is 0 Å². The lowest BCUT2D eigenvalue weighted by Crippen LogP contribution is -2.41. The number of aliphatic hydroxyl groups excluding tert-OH is 1. The van der Waals surface area contributed by atoms with Crippen molar-refractivity contribution in [3.8, 4) is 0 Å². The second-order valence-corrected chi connectivity index (χ2v) is 5.39. The van der Waals surface area contributed by atoms with E-state index in [2.05, 4.69) is 19.2 Å². The Kier molecular flexibility index (Phi) is 5.03. The molecule has 0 radical (unpaired) electrons. The molecule has 0 spiro atoms. The highest BCUT2D eigenvalue weighted by Gasteiger charge is 2.27. The van der Waals surface area contributed by atoms with Crippen LogP contribution in [0.2, 0.25) is 0 Å². The van der Waals surface area contributed by atoms with E-state index in [4.69, 9.17) is 4.74 Å². The van der Waals surface area contributed by atoms with Crippen LogP contribution in [0.4, 0.5) is 0 Å². The molecule has 1 saturated carbocycles. The Morgan fingerprint density at radius 1 is 1.40 bits per heavy atom. The van der Waals surface area contributed by atoms with Crippen molar-refractivity contribution >= 4 is 0 Å². The normalized spacial score (nSPS) is 27.2. The molecule has 1 fully saturated rings. The van der Waals surface area contributed by atoms with Crippen LogP contribution in [-0.4, -0.2) is 37.5 Å². The van der Waals surface area contributed by atoms with Crippen molar-refractivity contribution in [1.29, 1.82) is 0 Å². The topological polar surface area (TPSA) is 41.5 Å². The molecular formula is C12H25NO2. The molecule has 0 aromatic carbocycles. The van der Waals surface area contributed by atoms with Gasteiger partial charge in [0.25, 0.3) is 0 Å². The average Bonchev–Trinajstić information content (AvgIpc) is 2.58. The number of aliphatic hydroxyl groups is 1. The van der Waals surface area contributed by atoms with Crippen LogP contribution in [0, 0.1) is 5.41 Å². The second kappa shape index (κ2) is 5.83. The molecule has 3 nitrogen and oxygen atoms in total. The molecule has 0 amide bonds. The fourth-order valence-electron chi connectivity index (χ4n) is 2.05. The van der Waals surface area contributed by atoms with Crippen LogP contribution in [0.1, 0.15) is 39.5 Å². The zero-order valence-corrected chi connectivity index (χ0v) is 10.3. The molecule has 0 saturated heterocycles. The number of hydrogen-bond acceptors (Lipinski definition) is 3. The van der Waals surface area contributed by atoms with E-state index >= 15 is 0 Å². The molecule has 0 bridgehead atoms. The molecule has 3 heteroatoms. The molecule has 1 aliphatic carbocycles. The lowest BCUT2D eigenvalue weighted by molar-refractivity contribution is 0.126. The van der Waals surface area contributed by atoms with Crippen molar-refractivity contribution in [3.05, 3.63) is 0 Å². The minimum Gasteiger partial charge on any atom is -0.392 e. The van der Waals surface area contributed by atoms with Crippen molar-refractivity contribution in [1.82, 2.24) is 5.32 Å². The zero-order chi connectivity index (χ0) is 11.3. The van der Waals surface area contributed by atoms with E-state index in [9.17, 15) is 5.11 Å². The van der Waals surface area contributed by atoms with Gasteiger partial charge in [-0.25, -0.2) is 0 Å². The third-order valence-corrected chi connectivity index (χ3v) is 3.31. The van der Waals surface area contributed by atoms with Crippen LogP contribution in [0.3, 0.4) is 0 Å². The Labute approximate surface area is 93.2 Å². The number of hydrogen-bond donors (Lipinski definition) is 2. The highest BCUT2D eigenvalue weighted by Crippen LogP contribution is 2.23. The zero-order valence-electron chi connectivity index (χ0n) is 10.3. The van der Waals surface area contributed by atoms with Gasteiger partial charge in [0.05, 0.1) is 6.10 Å². The van der Waals surface area contributed by atoms with E-state index in [0.29, 0.717) is 6.04 Å². The summed E-state index contributed by atoms with van der Waals surface area (Å²) >= 11 is 0. The highest BCUT2D eigenvalue weighted by molar-refractivity contribution is 4.84. The van der Waals surface area contributed by atoms with Crippen LogP contribution in [0.15, 0.2) is 0 Å². The summed E-state index contributed by atoms with van der Waals surface area (Å²) in [4.78, 5) is 0. The van der Waals surface area contributed by atoms with Crippen molar-refractivity contribution < 1.29 is 9.84 Å². The summed E-state index contributed by atoms with van der Waals surface area (Å²) in [5, 5.41) is 13.1. The molecule has 2 unspecified atom stereocenters. The first-order valence-electron chi connectivity index (χ1n) is 5.95. The fraction of sp³-hybridized carbons (Fsp3) is 1.00. The van der Waals surface area contributed by atoms with Gasteiger partial charge in [-0.05, 0) is 31.1 Å². The summed E-state index contributed by atoms with van der Waals surface area (Å²) in [6.45, 7) is 6.24. The molecule has 0 heterocycles. The summed E-state index contributed by atoms with van der Waals surface area (Å²) in [5.74, 6) is 0. The maximum Gasteiger partial charge on any atom is 0.0693 e. The quantitative estimate of drug-likeness (QED) is 0.706. The van der Waals surface area contributed by atoms with Crippen molar-refractivity contribution in [2.75, 3.05) is 20.3 Å². The van der Waals surface area contributed by atoms with E-state index in [0.717, 1.165) is 38.8 Å². The molecular weight excluding hydrogens is 190 g/mol. The lowest BCUT2D eigenvalue weighted by atomic mass is 9.89. The summed E-state index contributed by atoms with van der Waals surface area (Å²) in [5.41, 5.74) is 0.248. The van der Waals surface area contributed by atoms with E-state index in [1.165, 1.54) is 0 Å². The molecule has 0 aliphatic heterocycles. The Hall–Kier alpha value is -0.120. The third-order valence-electron chi connectivity index (χ3n) is 3.31. The molecule has 15 heavy (non-hydrogen) atoms. The summed E-state index contributed by atoms with van der Waals surface area (Å²) in [6, 6.07) is 0.312. The number of methoxy groups -OCH3 is 1. The SMILES string of the molecule is COCCC(C)(C)CNC1CCCC1O. The van der Waals surface area contributed by atoms with Gasteiger partial charge < -0.3 is 15.2 Å². The van der Waals surface area contributed by atoms with Crippen molar-refractivity contribution in [3.63, 3.8) is 0 Å². The molecule has 0 aromatic rings. The first-order chi connectivity index (χ1) is 7.05. The first kappa shape index (κ1) is 12.9. The Bertz CT molecular complexity index is 182. The van der Waals surface area contributed by atoms with Gasteiger partial charge in [0.15, 0.2) is 0 Å². The Morgan fingerprint density at radius 2 is 2.13 bits per heavy atom. The molecule has 90 valence electrons. The van der Waals surface area contributed by atoms with Crippen molar-refractivity contribution in [2.24, 2.45) is 5.41 Å². The van der Waals surface area contributed by atoms with Gasteiger partial charge >= 0.3 is 0 Å². The Morgan fingerprint density at radius 3 is 2.67 bits per heavy atom. The predicted octanol–water partition coefficient (Wildman–Crippen LogP) is 1.55. The molecule has 1 rings (SSSR count). The third kappa shape index (κ3) is 4.49. The summed E-state index contributed by atoms with van der Waals surface area (Å²) in [7, 11) is 1.74. The standard InChI is InChI=1S/C12H25NO2/c1-12(2,7-8-15-3)9-13-10-5-4-6-11(10)14/h10-11,13-14H,4-9H2,1-3H3. The van der Waals surface area contributed by atoms with Gasteiger partial charge in [0, 0.05) is 26.3 Å². The van der Waals surface area contributed by atoms with Crippen LogP contribution < -0.4 is 5.32 Å². The van der Waals surface area contributed by atoms with Gasteiger partial charge in [-0.3, -0.25) is 0 Å². The smallest absolute Gasteiger partial charge is 0.0693 e. The molecule has 2 N–H and O–H groups in total. The number of ether oxygens (including phenoxy) is 1. The lowest BCUT2D eigenvalue weighted by Gasteiger charge is -2.27. The van der Waals surface area contributed by atoms with Gasteiger partial charge in [-0.2, -0.15) is 0 Å². The van der Waals surface area contributed by atoms with Gasteiger partial charge in [-0.1, -0.05) is 13.8 Å². The van der Waals surface area contributed by atoms with Crippen LogP contribution in [-0.2, 0) is 4.74 Å². The van der Waals surface area contributed by atoms with Gasteiger partial charge in [0.1, 0.15) is 0 Å². The molecule has 1 aliphatic rings. The minimum absolute atomic E-state index is 0.136. The van der Waals surface area contributed by atoms with E-state index in [1.54, 1.807) is 7.11 Å². The maximum absolute atomic E-state index is 9.67. The van der Waals surface area contributed by atoms with Gasteiger partial charge in [0.2, 0.25) is 0 Å². The number of rotatable bonds is 6. The van der Waals surface area contributed by atoms with Crippen molar-refractivity contribution in [2.45, 2.75) is 51.7 Å². The highest BCUT2D eigenvalue weighted by atomic mass is 16.5. The minimum atomic E-state index is -0.136. The van der Waals surface area contributed by atoms with E-state index < -0.39 is 0 Å². The Balaban J connectivity index is 2.22. The van der Waals surface area contributed by atoms with Gasteiger partial charge in [-0.15, -0.1) is 0 Å². The number of nitrogens with one attached hydrogen (secondary N) is 1. The monoisotopic (exact) mass is 215 g/mol.